The van der Waals surface area contributed by atoms with Crippen LogP contribution >= 0.6 is 11.6 Å². The van der Waals surface area contributed by atoms with Crippen LogP contribution < -0.4 is 14.6 Å². The van der Waals surface area contributed by atoms with Gasteiger partial charge in [-0.1, -0.05) is 24.4 Å². The van der Waals surface area contributed by atoms with Gasteiger partial charge in [-0.2, -0.15) is 14.3 Å². The molecule has 4 aromatic heterocycles. The number of rotatable bonds is 7. The van der Waals surface area contributed by atoms with Gasteiger partial charge in [0.25, 0.3) is 11.8 Å². The van der Waals surface area contributed by atoms with Gasteiger partial charge >= 0.3 is 5.82 Å². The number of ether oxygens (including phenoxy) is 1. The van der Waals surface area contributed by atoms with Gasteiger partial charge in [0, 0.05) is 18.5 Å². The van der Waals surface area contributed by atoms with Crippen LogP contribution in [0.15, 0.2) is 49.2 Å². The van der Waals surface area contributed by atoms with Gasteiger partial charge in [-0.25, -0.2) is 9.50 Å². The number of nitrogens with one attached hydrogen (secondary N) is 1. The Hall–Kier alpha value is -3.50. The molecule has 0 aliphatic heterocycles. The average molecular weight is 483 g/mol. The number of amides is 1. The maximum Gasteiger partial charge on any atom is 0.381 e. The Labute approximate surface area is 200 Å². The lowest BCUT2D eigenvalue weighted by atomic mass is 10.0. The van der Waals surface area contributed by atoms with Crippen LogP contribution in [0, 0.1) is 5.92 Å². The van der Waals surface area contributed by atoms with Gasteiger partial charge < -0.3 is 15.2 Å². The van der Waals surface area contributed by atoms with Crippen molar-refractivity contribution in [1.82, 2.24) is 24.4 Å². The van der Waals surface area contributed by atoms with Crippen molar-refractivity contribution in [3.8, 4) is 11.7 Å². The Kier molecular flexibility index (Phi) is 6.16. The lowest BCUT2D eigenvalue weighted by Crippen LogP contribution is -2.34. The van der Waals surface area contributed by atoms with E-state index < -0.39 is 6.10 Å². The highest BCUT2D eigenvalue weighted by atomic mass is 35.5. The van der Waals surface area contributed by atoms with Crippen molar-refractivity contribution in [3.05, 3.63) is 59.8 Å². The molecule has 11 heteroatoms. The van der Waals surface area contributed by atoms with Crippen molar-refractivity contribution in [2.75, 3.05) is 12.4 Å². The minimum absolute atomic E-state index is 0.254. The van der Waals surface area contributed by atoms with Crippen LogP contribution in [-0.2, 0) is 6.54 Å². The number of pyridine rings is 1. The summed E-state index contributed by atoms with van der Waals surface area (Å²) in [6, 6.07) is 5.16. The zero-order valence-electron chi connectivity index (χ0n) is 18.6. The first-order valence-electron chi connectivity index (χ1n) is 11.1. The van der Waals surface area contributed by atoms with E-state index in [1.165, 1.54) is 10.7 Å². The first-order valence-corrected chi connectivity index (χ1v) is 11.5. The second-order valence-electron chi connectivity index (χ2n) is 8.36. The molecule has 34 heavy (non-hydrogen) atoms. The first-order chi connectivity index (χ1) is 16.5. The number of carbonyl (C=O) groups is 1. The van der Waals surface area contributed by atoms with E-state index in [9.17, 15) is 9.90 Å². The third kappa shape index (κ3) is 4.34. The Balaban J connectivity index is 1.51. The summed E-state index contributed by atoms with van der Waals surface area (Å²) in [4.78, 5) is 17.4. The number of aromatic nitrogens is 6. The molecule has 176 valence electrons. The highest BCUT2D eigenvalue weighted by Crippen LogP contribution is 2.29. The molecule has 0 bridgehead atoms. The minimum atomic E-state index is -0.520. The zero-order chi connectivity index (χ0) is 23.7. The number of carbonyl (C=O) groups excluding carboxylic acids is 1. The molecular weight excluding hydrogens is 458 g/mol. The summed E-state index contributed by atoms with van der Waals surface area (Å²) in [5.41, 5.74) is 1.21. The molecule has 0 radical (unpaired) electrons. The molecule has 1 fully saturated rings. The lowest BCUT2D eigenvalue weighted by molar-refractivity contribution is -0.605. The summed E-state index contributed by atoms with van der Waals surface area (Å²) in [6.07, 6.45) is 11.9. The van der Waals surface area contributed by atoms with Gasteiger partial charge in [-0.15, -0.1) is 0 Å². The quantitative estimate of drug-likeness (QED) is 0.392. The predicted octanol–water partition coefficient (Wildman–Crippen LogP) is 2.67. The zero-order valence-corrected chi connectivity index (χ0v) is 19.4. The van der Waals surface area contributed by atoms with Crippen LogP contribution in [0.3, 0.4) is 0 Å². The Morgan fingerprint density at radius 3 is 3.00 bits per heavy atom. The summed E-state index contributed by atoms with van der Waals surface area (Å²) in [6.45, 7) is 0.315. The van der Waals surface area contributed by atoms with Crippen LogP contribution in [0.5, 0.6) is 5.88 Å². The lowest BCUT2D eigenvalue weighted by Gasteiger charge is -2.15. The number of halogens is 1. The number of hydrogen-bond donors (Lipinski definition) is 2. The third-order valence-corrected chi connectivity index (χ3v) is 6.37. The minimum Gasteiger partial charge on any atom is -0.465 e. The van der Waals surface area contributed by atoms with Gasteiger partial charge in [0.15, 0.2) is 11.3 Å². The van der Waals surface area contributed by atoms with Gasteiger partial charge in [0.05, 0.1) is 42.3 Å². The number of aliphatic hydroxyl groups is 1. The first kappa shape index (κ1) is 22.3. The smallest absolute Gasteiger partial charge is 0.381 e. The fourth-order valence-corrected chi connectivity index (χ4v) is 4.58. The number of fused-ring (bicyclic) bond motifs is 1. The molecule has 10 nitrogen and oxygen atoms in total. The molecule has 1 aliphatic carbocycles. The van der Waals surface area contributed by atoms with E-state index in [0.29, 0.717) is 40.2 Å². The molecule has 0 aromatic carbocycles. The molecule has 4 aromatic rings. The normalized spacial score (nSPS) is 15.0. The SMILES string of the molecule is COc1ccc(Cl)c[n+]1-c1nn(C[C@@H](O)C2CCCC2)cc1NC(=O)c1cnn2cccnc12. The van der Waals surface area contributed by atoms with Gasteiger partial charge in [0.1, 0.15) is 11.8 Å². The van der Waals surface area contributed by atoms with Gasteiger partial charge in [-0.05, 0) is 30.9 Å². The Morgan fingerprint density at radius 2 is 2.21 bits per heavy atom. The Morgan fingerprint density at radius 1 is 1.38 bits per heavy atom. The highest BCUT2D eigenvalue weighted by Gasteiger charge is 2.30. The maximum atomic E-state index is 13.2. The van der Waals surface area contributed by atoms with Crippen molar-refractivity contribution in [2.24, 2.45) is 5.92 Å². The summed E-state index contributed by atoms with van der Waals surface area (Å²) in [7, 11) is 1.55. The number of methoxy groups -OCH3 is 1. The van der Waals surface area contributed by atoms with Crippen molar-refractivity contribution >= 4 is 28.8 Å². The van der Waals surface area contributed by atoms with Crippen molar-refractivity contribution < 1.29 is 19.2 Å². The second kappa shape index (κ2) is 9.40. The fraction of sp³-hybridized carbons (Fsp3) is 0.348. The standard InChI is InChI=1S/C23H24ClN7O3/c1-34-20-8-7-16(24)12-30(20)22-18(13-29(28-22)14-19(32)15-5-2-3-6-15)27-23(33)17-11-26-31-10-4-9-25-21(17)31/h4,7-13,15,19,32H,2-3,5-6,14H2,1H3/p+1/t19-/m1/s1. The molecular formula is C23H25ClN7O3+. The third-order valence-electron chi connectivity index (χ3n) is 6.14. The van der Waals surface area contributed by atoms with Gasteiger partial charge in [-0.3, -0.25) is 4.79 Å². The van der Waals surface area contributed by atoms with Crippen LogP contribution in [0.4, 0.5) is 5.69 Å². The van der Waals surface area contributed by atoms with E-state index in [-0.39, 0.29) is 11.8 Å². The number of anilines is 1. The van der Waals surface area contributed by atoms with E-state index in [2.05, 4.69) is 20.5 Å². The van der Waals surface area contributed by atoms with E-state index in [0.717, 1.165) is 25.7 Å². The summed E-state index contributed by atoms with van der Waals surface area (Å²) >= 11 is 6.25. The van der Waals surface area contributed by atoms with Crippen LogP contribution in [0.1, 0.15) is 36.0 Å². The molecule has 2 N–H and O–H groups in total. The predicted molar refractivity (Wildman–Crippen MR) is 124 cm³/mol. The molecule has 5 rings (SSSR count). The van der Waals surface area contributed by atoms with E-state index in [1.807, 2.05) is 0 Å². The highest BCUT2D eigenvalue weighted by molar-refractivity contribution is 6.30. The topological polar surface area (TPSA) is 110 Å². The fourth-order valence-electron chi connectivity index (χ4n) is 4.42. The molecule has 0 spiro atoms. The maximum absolute atomic E-state index is 13.2. The molecule has 1 atom stereocenters. The Bertz CT molecular complexity index is 1330. The summed E-state index contributed by atoms with van der Waals surface area (Å²) in [5.74, 6) is 0.770. The average Bonchev–Trinajstić information content (AvgIpc) is 3.59. The summed E-state index contributed by atoms with van der Waals surface area (Å²) in [5, 5.41) is 23.0. The number of hydrogen-bond acceptors (Lipinski definition) is 6. The van der Waals surface area contributed by atoms with E-state index >= 15 is 0 Å². The van der Waals surface area contributed by atoms with Crippen LogP contribution in [0.2, 0.25) is 5.02 Å². The van der Waals surface area contributed by atoms with Gasteiger partial charge in [0.2, 0.25) is 0 Å². The molecule has 1 aliphatic rings. The second-order valence-corrected chi connectivity index (χ2v) is 8.80. The monoisotopic (exact) mass is 482 g/mol. The molecule has 1 amide bonds. The van der Waals surface area contributed by atoms with Crippen LogP contribution in [0.25, 0.3) is 11.5 Å². The molecule has 4 heterocycles. The van der Waals surface area contributed by atoms with E-state index in [4.69, 9.17) is 16.3 Å². The summed E-state index contributed by atoms with van der Waals surface area (Å²) < 4.78 is 10.3. The van der Waals surface area contributed by atoms with Crippen molar-refractivity contribution in [2.45, 2.75) is 38.3 Å². The molecule has 1 saturated carbocycles. The molecule has 0 saturated heterocycles. The van der Waals surface area contributed by atoms with Crippen LogP contribution in [-0.4, -0.2) is 48.6 Å². The number of aliphatic hydroxyl groups excluding tert-OH is 1. The number of nitrogens with zero attached hydrogens (tertiary/aromatic N) is 6. The largest absolute Gasteiger partial charge is 0.465 e. The van der Waals surface area contributed by atoms with Crippen molar-refractivity contribution in [1.29, 1.82) is 0 Å². The van der Waals surface area contributed by atoms with Crippen molar-refractivity contribution in [3.63, 3.8) is 0 Å². The van der Waals surface area contributed by atoms with E-state index in [1.54, 1.807) is 59.3 Å². The molecule has 0 unspecified atom stereocenters.